The summed E-state index contributed by atoms with van der Waals surface area (Å²) in [5, 5.41) is 12.6. The number of benzene rings is 1. The fourth-order valence-electron chi connectivity index (χ4n) is 3.67. The van der Waals surface area contributed by atoms with Crippen molar-refractivity contribution < 1.29 is 0 Å². The number of nitrogens with zero attached hydrogens (tertiary/aromatic N) is 3. The van der Waals surface area contributed by atoms with E-state index in [1.54, 1.807) is 0 Å². The zero-order chi connectivity index (χ0) is 15.5. The second kappa shape index (κ2) is 6.83. The first-order valence-electron chi connectivity index (χ1n) is 9.08. The zero-order valence-corrected chi connectivity index (χ0v) is 13.7. The van der Waals surface area contributed by atoms with E-state index >= 15 is 0 Å². The van der Waals surface area contributed by atoms with Crippen LogP contribution in [0.5, 0.6) is 0 Å². The number of hydrogen-bond donors (Lipinski definition) is 1. The largest absolute Gasteiger partial charge is 0.314 e. The van der Waals surface area contributed by atoms with Crippen LogP contribution < -0.4 is 5.32 Å². The lowest BCUT2D eigenvalue weighted by Gasteiger charge is -2.18. The van der Waals surface area contributed by atoms with Gasteiger partial charge in [0.05, 0.1) is 6.54 Å². The van der Waals surface area contributed by atoms with Gasteiger partial charge in [0.1, 0.15) is 11.6 Å². The highest BCUT2D eigenvalue weighted by Gasteiger charge is 2.31. The van der Waals surface area contributed by atoms with Crippen LogP contribution in [0.2, 0.25) is 0 Å². The molecular weight excluding hydrogens is 284 g/mol. The van der Waals surface area contributed by atoms with Crippen molar-refractivity contribution in [2.24, 2.45) is 5.92 Å². The number of aryl methyl sites for hydroxylation is 1. The first-order valence-corrected chi connectivity index (χ1v) is 9.08. The SMILES string of the molecule is c1ccc(CC(NCc2nnc3n2CCCCC3)C2CC2)cc1. The van der Waals surface area contributed by atoms with Crippen LogP contribution in [0.25, 0.3) is 0 Å². The van der Waals surface area contributed by atoms with Crippen LogP contribution in [0.15, 0.2) is 30.3 Å². The molecule has 1 aliphatic carbocycles. The Morgan fingerprint density at radius 2 is 1.96 bits per heavy atom. The number of fused-ring (bicyclic) bond motifs is 1. The maximum Gasteiger partial charge on any atom is 0.147 e. The van der Waals surface area contributed by atoms with Gasteiger partial charge in [0.25, 0.3) is 0 Å². The Balaban J connectivity index is 1.41. The first-order chi connectivity index (χ1) is 11.4. The minimum Gasteiger partial charge on any atom is -0.314 e. The number of nitrogens with one attached hydrogen (secondary N) is 1. The number of hydrogen-bond acceptors (Lipinski definition) is 3. The Bertz CT molecular complexity index is 630. The van der Waals surface area contributed by atoms with Crippen molar-refractivity contribution in [1.29, 1.82) is 0 Å². The second-order valence-electron chi connectivity index (χ2n) is 7.01. The molecule has 4 rings (SSSR count). The van der Waals surface area contributed by atoms with E-state index in [1.165, 1.54) is 43.5 Å². The molecule has 1 atom stereocenters. The predicted molar refractivity (Wildman–Crippen MR) is 91.1 cm³/mol. The molecule has 1 fully saturated rings. The van der Waals surface area contributed by atoms with Gasteiger partial charge < -0.3 is 9.88 Å². The van der Waals surface area contributed by atoms with Crippen LogP contribution in [-0.4, -0.2) is 20.8 Å². The van der Waals surface area contributed by atoms with Crippen LogP contribution in [0, 0.1) is 5.92 Å². The molecule has 4 nitrogen and oxygen atoms in total. The van der Waals surface area contributed by atoms with Crippen molar-refractivity contribution in [2.75, 3.05) is 0 Å². The van der Waals surface area contributed by atoms with Crippen LogP contribution >= 0.6 is 0 Å². The fourth-order valence-corrected chi connectivity index (χ4v) is 3.67. The average Bonchev–Trinajstić information content (AvgIpc) is 3.39. The lowest BCUT2D eigenvalue weighted by Crippen LogP contribution is -2.33. The summed E-state index contributed by atoms with van der Waals surface area (Å²) in [6, 6.07) is 11.4. The summed E-state index contributed by atoms with van der Waals surface area (Å²) < 4.78 is 2.35. The average molecular weight is 310 g/mol. The molecule has 2 heterocycles. The quantitative estimate of drug-likeness (QED) is 0.891. The second-order valence-corrected chi connectivity index (χ2v) is 7.01. The van der Waals surface area contributed by atoms with Crippen LogP contribution in [0.3, 0.4) is 0 Å². The molecule has 1 N–H and O–H groups in total. The van der Waals surface area contributed by atoms with Crippen molar-refractivity contribution in [1.82, 2.24) is 20.1 Å². The van der Waals surface area contributed by atoms with Crippen LogP contribution in [-0.2, 0) is 25.9 Å². The maximum absolute atomic E-state index is 4.45. The van der Waals surface area contributed by atoms with Gasteiger partial charge in [0.15, 0.2) is 0 Å². The smallest absolute Gasteiger partial charge is 0.147 e. The first kappa shape index (κ1) is 14.9. The van der Waals surface area contributed by atoms with Gasteiger partial charge in [0, 0.05) is 19.0 Å². The fraction of sp³-hybridized carbons (Fsp3) is 0.579. The van der Waals surface area contributed by atoms with E-state index in [4.69, 9.17) is 0 Å². The molecule has 1 saturated carbocycles. The summed E-state index contributed by atoms with van der Waals surface area (Å²) in [4.78, 5) is 0. The Morgan fingerprint density at radius 3 is 2.78 bits per heavy atom. The molecule has 122 valence electrons. The lowest BCUT2D eigenvalue weighted by molar-refractivity contribution is 0.442. The summed E-state index contributed by atoms with van der Waals surface area (Å²) >= 11 is 0. The van der Waals surface area contributed by atoms with Gasteiger partial charge in [-0.2, -0.15) is 0 Å². The highest BCUT2D eigenvalue weighted by Crippen LogP contribution is 2.34. The van der Waals surface area contributed by atoms with E-state index in [0.29, 0.717) is 6.04 Å². The molecule has 2 aliphatic rings. The van der Waals surface area contributed by atoms with Crippen molar-refractivity contribution in [3.05, 3.63) is 47.5 Å². The van der Waals surface area contributed by atoms with Gasteiger partial charge in [-0.15, -0.1) is 10.2 Å². The number of rotatable bonds is 6. The third kappa shape index (κ3) is 3.63. The van der Waals surface area contributed by atoms with E-state index in [-0.39, 0.29) is 0 Å². The molecule has 0 bridgehead atoms. The third-order valence-electron chi connectivity index (χ3n) is 5.20. The Morgan fingerprint density at radius 1 is 1.09 bits per heavy atom. The molecular formula is C19H26N4. The Hall–Kier alpha value is -1.68. The summed E-state index contributed by atoms with van der Waals surface area (Å²) in [5.74, 6) is 3.15. The van der Waals surface area contributed by atoms with E-state index in [9.17, 15) is 0 Å². The van der Waals surface area contributed by atoms with Gasteiger partial charge in [-0.1, -0.05) is 36.8 Å². The Kier molecular flexibility index (Phi) is 4.42. The molecule has 23 heavy (non-hydrogen) atoms. The highest BCUT2D eigenvalue weighted by molar-refractivity contribution is 5.16. The van der Waals surface area contributed by atoms with Gasteiger partial charge >= 0.3 is 0 Å². The molecule has 0 spiro atoms. The minimum absolute atomic E-state index is 0.566. The van der Waals surface area contributed by atoms with Crippen molar-refractivity contribution in [3.63, 3.8) is 0 Å². The predicted octanol–water partition coefficient (Wildman–Crippen LogP) is 3.12. The maximum atomic E-state index is 4.45. The van der Waals surface area contributed by atoms with Gasteiger partial charge in [0.2, 0.25) is 0 Å². The summed E-state index contributed by atoms with van der Waals surface area (Å²) in [5.41, 5.74) is 1.43. The molecule has 0 saturated heterocycles. The van der Waals surface area contributed by atoms with Crippen LogP contribution in [0.1, 0.15) is 49.3 Å². The molecule has 2 aromatic rings. The van der Waals surface area contributed by atoms with Gasteiger partial charge in [-0.05, 0) is 43.6 Å². The Labute approximate surface area is 138 Å². The molecule has 1 aliphatic heterocycles. The lowest BCUT2D eigenvalue weighted by atomic mass is 10.0. The molecule has 1 aromatic heterocycles. The van der Waals surface area contributed by atoms with Gasteiger partial charge in [-0.3, -0.25) is 0 Å². The van der Waals surface area contributed by atoms with E-state index < -0.39 is 0 Å². The standard InChI is InChI=1S/C19H26N4/c1-3-7-15(8-4-1)13-17(16-10-11-16)20-14-19-22-21-18-9-5-2-6-12-23(18)19/h1,3-4,7-8,16-17,20H,2,5-6,9-14H2. The third-order valence-corrected chi connectivity index (χ3v) is 5.20. The molecule has 1 unspecified atom stereocenters. The van der Waals surface area contributed by atoms with Crippen molar-refractivity contribution in [3.8, 4) is 0 Å². The summed E-state index contributed by atoms with van der Waals surface area (Å²) in [6.45, 7) is 1.94. The van der Waals surface area contributed by atoms with Crippen molar-refractivity contribution >= 4 is 0 Å². The normalized spacial score (nSPS) is 19.1. The van der Waals surface area contributed by atoms with Crippen molar-refractivity contribution in [2.45, 2.75) is 64.1 Å². The van der Waals surface area contributed by atoms with E-state index in [1.807, 2.05) is 0 Å². The number of aromatic nitrogens is 3. The van der Waals surface area contributed by atoms with E-state index in [0.717, 1.165) is 37.7 Å². The highest BCUT2D eigenvalue weighted by atomic mass is 15.3. The van der Waals surface area contributed by atoms with E-state index in [2.05, 4.69) is 50.4 Å². The minimum atomic E-state index is 0.566. The molecule has 1 aromatic carbocycles. The topological polar surface area (TPSA) is 42.7 Å². The summed E-state index contributed by atoms with van der Waals surface area (Å²) in [7, 11) is 0. The zero-order valence-electron chi connectivity index (χ0n) is 13.7. The molecule has 0 radical (unpaired) electrons. The molecule has 0 amide bonds. The van der Waals surface area contributed by atoms with Crippen LogP contribution in [0.4, 0.5) is 0 Å². The summed E-state index contributed by atoms with van der Waals surface area (Å²) in [6.07, 6.45) is 8.76. The monoisotopic (exact) mass is 310 g/mol. The van der Waals surface area contributed by atoms with Gasteiger partial charge in [-0.25, -0.2) is 0 Å². The molecule has 4 heteroatoms.